The first-order valence-corrected chi connectivity index (χ1v) is 7.28. The molecule has 0 spiro atoms. The zero-order valence-corrected chi connectivity index (χ0v) is 12.6. The van der Waals surface area contributed by atoms with Crippen molar-refractivity contribution in [1.82, 2.24) is 4.90 Å². The van der Waals surface area contributed by atoms with Crippen LogP contribution < -0.4 is 0 Å². The minimum atomic E-state index is -0.890. The Labute approximate surface area is 125 Å². The second kappa shape index (κ2) is 9.00. The van der Waals surface area contributed by atoms with E-state index in [1.807, 2.05) is 0 Å². The summed E-state index contributed by atoms with van der Waals surface area (Å²) in [5.74, 6) is -1.05. The van der Waals surface area contributed by atoms with Gasteiger partial charge in [0.05, 0.1) is 12.2 Å². The third-order valence-corrected chi connectivity index (χ3v) is 3.19. The molecule has 0 radical (unpaired) electrons. The molecule has 1 rings (SSSR count). The lowest BCUT2D eigenvalue weighted by molar-refractivity contribution is -0.142. The summed E-state index contributed by atoms with van der Waals surface area (Å²) in [5, 5.41) is 8.99. The third kappa shape index (κ3) is 6.29. The SMILES string of the molecule is CCCCCN(CC(C)C(=O)O)C(=O)/C=C/c1ccco1. The van der Waals surface area contributed by atoms with Gasteiger partial charge in [-0.2, -0.15) is 0 Å². The molecule has 0 aliphatic heterocycles. The highest BCUT2D eigenvalue weighted by Gasteiger charge is 2.18. The van der Waals surface area contributed by atoms with Crippen molar-refractivity contribution in [1.29, 1.82) is 0 Å². The van der Waals surface area contributed by atoms with Gasteiger partial charge in [0.1, 0.15) is 5.76 Å². The lowest BCUT2D eigenvalue weighted by atomic mass is 10.1. The van der Waals surface area contributed by atoms with E-state index in [0.717, 1.165) is 19.3 Å². The Hall–Kier alpha value is -2.04. The maximum absolute atomic E-state index is 12.2. The van der Waals surface area contributed by atoms with Crippen molar-refractivity contribution in [3.05, 3.63) is 30.2 Å². The minimum absolute atomic E-state index is 0.185. The van der Waals surface area contributed by atoms with Crippen LogP contribution in [-0.2, 0) is 9.59 Å². The van der Waals surface area contributed by atoms with Gasteiger partial charge in [0.2, 0.25) is 5.91 Å². The van der Waals surface area contributed by atoms with Gasteiger partial charge in [0, 0.05) is 19.2 Å². The third-order valence-electron chi connectivity index (χ3n) is 3.19. The topological polar surface area (TPSA) is 70.8 Å². The van der Waals surface area contributed by atoms with Gasteiger partial charge in [-0.05, 0) is 24.6 Å². The summed E-state index contributed by atoms with van der Waals surface area (Å²) < 4.78 is 5.13. The zero-order valence-electron chi connectivity index (χ0n) is 12.6. The first kappa shape index (κ1) is 17.0. The maximum atomic E-state index is 12.2. The molecule has 21 heavy (non-hydrogen) atoms. The summed E-state index contributed by atoms with van der Waals surface area (Å²) in [7, 11) is 0. The van der Waals surface area contributed by atoms with Crippen LogP contribution in [0.15, 0.2) is 28.9 Å². The summed E-state index contributed by atoms with van der Waals surface area (Å²) in [4.78, 5) is 24.7. The fourth-order valence-electron chi connectivity index (χ4n) is 1.90. The molecule has 0 aliphatic rings. The lowest BCUT2D eigenvalue weighted by Crippen LogP contribution is -2.36. The fraction of sp³-hybridized carbons (Fsp3) is 0.500. The fourth-order valence-corrected chi connectivity index (χ4v) is 1.90. The largest absolute Gasteiger partial charge is 0.481 e. The van der Waals surface area contributed by atoms with Crippen molar-refractivity contribution < 1.29 is 19.1 Å². The summed E-state index contributed by atoms with van der Waals surface area (Å²) in [5.41, 5.74) is 0. The van der Waals surface area contributed by atoms with Crippen molar-refractivity contribution in [3.63, 3.8) is 0 Å². The summed E-state index contributed by atoms with van der Waals surface area (Å²) in [6, 6.07) is 3.50. The number of nitrogens with zero attached hydrogens (tertiary/aromatic N) is 1. The molecule has 0 fully saturated rings. The standard InChI is InChI=1S/C16H23NO4/c1-3-4-5-10-17(12-13(2)16(19)20)15(18)9-8-14-7-6-11-21-14/h6-9,11,13H,3-5,10,12H2,1-2H3,(H,19,20)/b9-8+. The second-order valence-electron chi connectivity index (χ2n) is 5.08. The highest BCUT2D eigenvalue weighted by atomic mass is 16.4. The molecule has 1 unspecified atom stereocenters. The number of hydrogen-bond donors (Lipinski definition) is 1. The zero-order chi connectivity index (χ0) is 15.7. The van der Waals surface area contributed by atoms with Gasteiger partial charge >= 0.3 is 5.97 Å². The molecule has 0 aromatic carbocycles. The van der Waals surface area contributed by atoms with Crippen LogP contribution in [0.25, 0.3) is 6.08 Å². The van der Waals surface area contributed by atoms with Crippen LogP contribution in [0.2, 0.25) is 0 Å². The van der Waals surface area contributed by atoms with Crippen LogP contribution >= 0.6 is 0 Å². The predicted octanol–water partition coefficient (Wildman–Crippen LogP) is 3.03. The van der Waals surface area contributed by atoms with Crippen LogP contribution in [0.5, 0.6) is 0 Å². The molecule has 1 amide bonds. The van der Waals surface area contributed by atoms with Crippen LogP contribution in [0.1, 0.15) is 38.9 Å². The van der Waals surface area contributed by atoms with E-state index >= 15 is 0 Å². The molecule has 1 aromatic heterocycles. The molecule has 0 aliphatic carbocycles. The Bertz CT molecular complexity index is 465. The molecule has 1 N–H and O–H groups in total. The molecular formula is C16H23NO4. The van der Waals surface area contributed by atoms with Crippen molar-refractivity contribution >= 4 is 18.0 Å². The van der Waals surface area contributed by atoms with E-state index in [2.05, 4.69) is 6.92 Å². The quantitative estimate of drug-likeness (QED) is 0.561. The number of aliphatic carboxylic acids is 1. The Morgan fingerprint density at radius 1 is 1.43 bits per heavy atom. The lowest BCUT2D eigenvalue weighted by Gasteiger charge is -2.23. The number of rotatable bonds is 9. The number of hydrogen-bond acceptors (Lipinski definition) is 3. The van der Waals surface area contributed by atoms with E-state index in [1.54, 1.807) is 30.0 Å². The van der Waals surface area contributed by atoms with Gasteiger partial charge in [-0.1, -0.05) is 26.7 Å². The van der Waals surface area contributed by atoms with Crippen LogP contribution in [-0.4, -0.2) is 35.0 Å². The van der Waals surface area contributed by atoms with E-state index in [4.69, 9.17) is 9.52 Å². The molecule has 1 atom stereocenters. The number of amides is 1. The van der Waals surface area contributed by atoms with Crippen LogP contribution in [0.3, 0.4) is 0 Å². The van der Waals surface area contributed by atoms with Crippen LogP contribution in [0.4, 0.5) is 0 Å². The molecule has 1 heterocycles. The monoisotopic (exact) mass is 293 g/mol. The molecule has 5 heteroatoms. The average molecular weight is 293 g/mol. The Balaban J connectivity index is 2.64. The number of carboxylic acids is 1. The van der Waals surface area contributed by atoms with Crippen molar-refractivity contribution in [2.24, 2.45) is 5.92 Å². The number of carbonyl (C=O) groups is 2. The number of furan rings is 1. The van der Waals surface area contributed by atoms with Crippen LogP contribution in [0, 0.1) is 5.92 Å². The maximum Gasteiger partial charge on any atom is 0.308 e. The van der Waals surface area contributed by atoms with Crippen molar-refractivity contribution in [2.45, 2.75) is 33.1 Å². The van der Waals surface area contributed by atoms with Gasteiger partial charge in [-0.25, -0.2) is 0 Å². The van der Waals surface area contributed by atoms with E-state index in [0.29, 0.717) is 12.3 Å². The molecule has 5 nitrogen and oxygen atoms in total. The first-order valence-electron chi connectivity index (χ1n) is 7.28. The minimum Gasteiger partial charge on any atom is -0.481 e. The molecule has 0 saturated carbocycles. The van der Waals surface area contributed by atoms with Gasteiger partial charge in [0.15, 0.2) is 0 Å². The van der Waals surface area contributed by atoms with Gasteiger partial charge in [0.25, 0.3) is 0 Å². The van der Waals surface area contributed by atoms with E-state index in [9.17, 15) is 9.59 Å². The molecule has 0 bridgehead atoms. The number of unbranched alkanes of at least 4 members (excludes halogenated alkanes) is 2. The molecular weight excluding hydrogens is 270 g/mol. The van der Waals surface area contributed by atoms with E-state index in [1.165, 1.54) is 12.3 Å². The van der Waals surface area contributed by atoms with Gasteiger partial charge in [-0.3, -0.25) is 9.59 Å². The van der Waals surface area contributed by atoms with E-state index in [-0.39, 0.29) is 12.5 Å². The summed E-state index contributed by atoms with van der Waals surface area (Å²) in [6.45, 7) is 4.49. The highest BCUT2D eigenvalue weighted by molar-refractivity contribution is 5.91. The Morgan fingerprint density at radius 3 is 2.76 bits per heavy atom. The number of carboxylic acid groups (broad SMARTS) is 1. The van der Waals surface area contributed by atoms with Crippen molar-refractivity contribution in [2.75, 3.05) is 13.1 Å². The summed E-state index contributed by atoms with van der Waals surface area (Å²) in [6.07, 6.45) is 7.52. The molecule has 1 aromatic rings. The van der Waals surface area contributed by atoms with Crippen molar-refractivity contribution in [3.8, 4) is 0 Å². The highest BCUT2D eigenvalue weighted by Crippen LogP contribution is 2.07. The summed E-state index contributed by atoms with van der Waals surface area (Å²) >= 11 is 0. The second-order valence-corrected chi connectivity index (χ2v) is 5.08. The normalized spacial score (nSPS) is 12.5. The number of carbonyl (C=O) groups excluding carboxylic acids is 1. The average Bonchev–Trinajstić information content (AvgIpc) is 2.96. The van der Waals surface area contributed by atoms with E-state index < -0.39 is 11.9 Å². The molecule has 116 valence electrons. The Morgan fingerprint density at radius 2 is 2.19 bits per heavy atom. The van der Waals surface area contributed by atoms with Gasteiger partial charge in [-0.15, -0.1) is 0 Å². The first-order chi connectivity index (χ1) is 10.0. The smallest absolute Gasteiger partial charge is 0.308 e. The predicted molar refractivity (Wildman–Crippen MR) is 80.6 cm³/mol. The van der Waals surface area contributed by atoms with Gasteiger partial charge < -0.3 is 14.4 Å². The Kier molecular flexibility index (Phi) is 7.29. The molecule has 0 saturated heterocycles.